The van der Waals surface area contributed by atoms with Crippen LogP contribution in [0.25, 0.3) is 88.0 Å². The molecule has 0 saturated carbocycles. The van der Waals surface area contributed by atoms with Crippen LogP contribution in [0.1, 0.15) is 32.9 Å². The molecule has 0 spiro atoms. The first-order valence-corrected chi connectivity index (χ1v) is 13.5. The summed E-state index contributed by atoms with van der Waals surface area (Å²) in [5, 5.41) is -2.34. The van der Waals surface area contributed by atoms with Crippen LogP contribution in [0, 0.1) is 0 Å². The van der Waals surface area contributed by atoms with E-state index in [9.17, 15) is 11.0 Å². The fourth-order valence-electron chi connectivity index (χ4n) is 5.40. The van der Waals surface area contributed by atoms with Gasteiger partial charge in [-0.25, -0.2) is 0 Å². The van der Waals surface area contributed by atoms with Crippen molar-refractivity contribution in [1.82, 2.24) is 0 Å². The lowest BCUT2D eigenvalue weighted by Crippen LogP contribution is -1.91. The van der Waals surface area contributed by atoms with Gasteiger partial charge in [0, 0.05) is 10.8 Å². The van der Waals surface area contributed by atoms with Crippen LogP contribution < -0.4 is 0 Å². The topological polar surface area (TPSA) is 13.1 Å². The zero-order valence-electron chi connectivity index (χ0n) is 46.7. The first-order valence-electron chi connectivity index (χ1n) is 25.5. The molecule has 0 atom stereocenters. The van der Waals surface area contributed by atoms with Crippen molar-refractivity contribution in [2.45, 2.75) is 0 Å². The molecule has 0 aliphatic carbocycles. The van der Waals surface area contributed by atoms with Gasteiger partial charge in [0.1, 0.15) is 11.2 Å². The Labute approximate surface area is 295 Å². The first-order chi connectivity index (χ1) is 32.3. The smallest absolute Gasteiger partial charge is 0.136 e. The van der Waals surface area contributed by atoms with Crippen LogP contribution in [0.3, 0.4) is 0 Å². The summed E-state index contributed by atoms with van der Waals surface area (Å²) in [6, 6.07) is -12.6. The number of fused-ring (bicyclic) bond motifs is 5. The summed E-state index contributed by atoms with van der Waals surface area (Å²) in [5.41, 5.74) is -3.67. The van der Waals surface area contributed by atoms with Crippen molar-refractivity contribution in [2.24, 2.45) is 0 Å². The molecule has 1 aromatic heterocycles. The highest BCUT2D eigenvalue weighted by molar-refractivity contribution is 6.21. The fraction of sp³-hybridized carbons (Fsp3) is 0. The summed E-state index contributed by atoms with van der Waals surface area (Å²) in [6.45, 7) is 0. The van der Waals surface area contributed by atoms with Crippen LogP contribution in [-0.2, 0) is 0 Å². The maximum Gasteiger partial charge on any atom is 0.136 e. The molecule has 0 saturated heterocycles. The van der Waals surface area contributed by atoms with Gasteiger partial charge < -0.3 is 4.42 Å². The summed E-state index contributed by atoms with van der Waals surface area (Å²) >= 11 is 0. The van der Waals surface area contributed by atoms with E-state index in [0.29, 0.717) is 0 Å². The van der Waals surface area contributed by atoms with Crippen LogP contribution >= 0.6 is 0 Å². The van der Waals surface area contributed by atoms with Gasteiger partial charge in [0.2, 0.25) is 0 Å². The van der Waals surface area contributed by atoms with Crippen LogP contribution in [0.2, 0.25) is 0 Å². The lowest BCUT2D eigenvalue weighted by Gasteiger charge is -2.18. The Bertz CT molecular complexity index is 3750. The predicted molar refractivity (Wildman–Crippen MR) is 190 cm³/mol. The Hall–Kier alpha value is -5.92. The Kier molecular flexibility index (Phi) is 2.58. The van der Waals surface area contributed by atoms with Gasteiger partial charge in [-0.1, -0.05) is 139 Å². The molecule has 45 heavy (non-hydrogen) atoms. The third-order valence-electron chi connectivity index (χ3n) is 7.33. The van der Waals surface area contributed by atoms with Crippen molar-refractivity contribution in [3.05, 3.63) is 169 Å². The van der Waals surface area contributed by atoms with E-state index in [4.69, 9.17) is 26.3 Å². The molecule has 0 amide bonds. The quantitative estimate of drug-likeness (QED) is 0.184. The van der Waals surface area contributed by atoms with Crippen LogP contribution in [-0.4, -0.2) is 0 Å². The zero-order valence-corrected chi connectivity index (χ0v) is 22.7. The second kappa shape index (κ2) is 10.4. The van der Waals surface area contributed by atoms with E-state index in [0.717, 1.165) is 0 Å². The molecule has 0 unspecified atom stereocenters. The van der Waals surface area contributed by atoms with Gasteiger partial charge in [-0.15, -0.1) is 0 Å². The molecule has 1 nitrogen and oxygen atoms in total. The standard InChI is InChI=1S/C44H28O/c1-3-12-29(13-4-1)32-23-25-41-40(27-32)35-24-22-33(28-42(35)45-41)31-16-11-17-34(26-31)44-38-20-9-7-18-36(38)43(30-14-5-2-6-15-30)37-19-8-10-21-39(37)44/h1-28H/i1D,2D,3D,4D,5D,6D,7D,8D,9D,10D,12D,13D,14D,15D,18D,19D,20D,21D,22D,23D,24D,25D,27D,28D. The molecule has 0 radical (unpaired) electrons. The minimum absolute atomic E-state index is 0.0192. The minimum Gasteiger partial charge on any atom is -0.456 e. The molecule has 0 aliphatic heterocycles. The third kappa shape index (κ3) is 4.24. The van der Waals surface area contributed by atoms with E-state index in [1.165, 1.54) is 24.3 Å². The van der Waals surface area contributed by atoms with Gasteiger partial charge in [0.25, 0.3) is 0 Å². The third-order valence-corrected chi connectivity index (χ3v) is 7.33. The van der Waals surface area contributed by atoms with Gasteiger partial charge in [0.05, 0.1) is 32.9 Å². The lowest BCUT2D eigenvalue weighted by atomic mass is 9.85. The van der Waals surface area contributed by atoms with E-state index in [1.54, 1.807) is 0 Å². The molecule has 1 heteroatoms. The molecule has 0 aliphatic rings. The van der Waals surface area contributed by atoms with Crippen molar-refractivity contribution in [1.29, 1.82) is 0 Å². The predicted octanol–water partition coefficient (Wildman–Crippen LogP) is 12.6. The maximum absolute atomic E-state index is 9.41. The molecular formula is C44H28O. The maximum atomic E-state index is 9.41. The Morgan fingerprint density at radius 3 is 1.56 bits per heavy atom. The van der Waals surface area contributed by atoms with Crippen LogP contribution in [0.5, 0.6) is 0 Å². The molecule has 0 N–H and O–H groups in total. The summed E-state index contributed by atoms with van der Waals surface area (Å²) in [6.07, 6.45) is 0. The number of hydrogen-bond acceptors (Lipinski definition) is 1. The Morgan fingerprint density at radius 1 is 0.356 bits per heavy atom. The minimum atomic E-state index is -0.828. The first kappa shape index (κ1) is 11.2. The van der Waals surface area contributed by atoms with Crippen molar-refractivity contribution in [3.8, 4) is 44.5 Å². The number of furan rings is 1. The molecule has 0 fully saturated rings. The van der Waals surface area contributed by atoms with Crippen molar-refractivity contribution in [2.75, 3.05) is 0 Å². The highest BCUT2D eigenvalue weighted by Crippen LogP contribution is 2.44. The summed E-state index contributed by atoms with van der Waals surface area (Å²) in [4.78, 5) is 0. The fourth-order valence-corrected chi connectivity index (χ4v) is 5.40. The molecule has 9 rings (SSSR count). The Morgan fingerprint density at radius 2 is 0.889 bits per heavy atom. The van der Waals surface area contributed by atoms with Crippen molar-refractivity contribution < 1.29 is 37.3 Å². The van der Waals surface area contributed by atoms with E-state index in [2.05, 4.69) is 0 Å². The Balaban J connectivity index is 1.41. The molecule has 0 bridgehead atoms. The molecule has 210 valence electrons. The van der Waals surface area contributed by atoms with Gasteiger partial charge in [0.15, 0.2) is 0 Å². The zero-order chi connectivity index (χ0) is 50.6. The highest BCUT2D eigenvalue weighted by atomic mass is 16.3. The van der Waals surface area contributed by atoms with Gasteiger partial charge in [-0.05, 0) is 96.3 Å². The average Bonchev–Trinajstić information content (AvgIpc) is 3.75. The number of hydrogen-bond donors (Lipinski definition) is 0. The van der Waals surface area contributed by atoms with Crippen LogP contribution in [0.4, 0.5) is 0 Å². The van der Waals surface area contributed by atoms with Crippen molar-refractivity contribution in [3.63, 3.8) is 0 Å². The van der Waals surface area contributed by atoms with Crippen molar-refractivity contribution >= 4 is 43.5 Å². The number of benzene rings is 8. The van der Waals surface area contributed by atoms with Gasteiger partial charge in [-0.3, -0.25) is 0 Å². The van der Waals surface area contributed by atoms with E-state index in [-0.39, 0.29) is 43.8 Å². The number of rotatable bonds is 4. The largest absolute Gasteiger partial charge is 0.456 e. The van der Waals surface area contributed by atoms with E-state index < -0.39 is 189 Å². The molecule has 1 heterocycles. The summed E-state index contributed by atoms with van der Waals surface area (Å²) in [7, 11) is 0. The lowest BCUT2D eigenvalue weighted by molar-refractivity contribution is 0.669. The molecule has 9 aromatic rings. The van der Waals surface area contributed by atoms with E-state index >= 15 is 0 Å². The highest BCUT2D eigenvalue weighted by Gasteiger charge is 2.17. The second-order valence-corrected chi connectivity index (χ2v) is 9.84. The summed E-state index contributed by atoms with van der Waals surface area (Å²) in [5.74, 6) is 0. The van der Waals surface area contributed by atoms with E-state index in [1.807, 2.05) is 0 Å². The van der Waals surface area contributed by atoms with Gasteiger partial charge in [-0.2, -0.15) is 0 Å². The normalized spacial score (nSPS) is 19.0. The molecular weight excluding hydrogens is 544 g/mol. The monoisotopic (exact) mass is 596 g/mol. The SMILES string of the molecule is [2H]c1c([2H])c([2H])c(-c2c([2H])c([2H])c3oc4c([2H])c(-c5cccc(-c6c7c([2H])c([2H])c([2H])c([2H])c7c(-c7c([2H])c([2H])c([2H])c([2H])c7[2H])c7c([2H])c([2H])c([2H])c([2H])c67)c5)c([2H])c([2H])c4c3c2[2H])c([2H])c1[2H]. The second-order valence-electron chi connectivity index (χ2n) is 9.84. The summed E-state index contributed by atoms with van der Waals surface area (Å²) < 4.78 is 217. The van der Waals surface area contributed by atoms with Crippen LogP contribution in [0.15, 0.2) is 174 Å². The van der Waals surface area contributed by atoms with Gasteiger partial charge >= 0.3 is 0 Å². The molecule has 8 aromatic carbocycles. The average molecular weight is 597 g/mol.